The summed E-state index contributed by atoms with van der Waals surface area (Å²) < 4.78 is 0. The molecule has 0 saturated carbocycles. The van der Waals surface area contributed by atoms with Crippen LogP contribution < -0.4 is 0 Å². The van der Waals surface area contributed by atoms with Crippen molar-refractivity contribution >= 4 is 0 Å². The zero-order valence-corrected chi connectivity index (χ0v) is 10.9. The van der Waals surface area contributed by atoms with Gasteiger partial charge in [0, 0.05) is 5.92 Å². The number of aliphatic hydroxyl groups excluding tert-OH is 7. The number of hydrogen-bond donors (Lipinski definition) is 7. The van der Waals surface area contributed by atoms with E-state index in [4.69, 9.17) is 35.7 Å². The lowest BCUT2D eigenvalue weighted by molar-refractivity contribution is -0.0328. The van der Waals surface area contributed by atoms with Gasteiger partial charge in [0.1, 0.15) is 0 Å². The summed E-state index contributed by atoms with van der Waals surface area (Å²) in [6.45, 7) is 1.30. The van der Waals surface area contributed by atoms with Gasteiger partial charge in [-0.3, -0.25) is 0 Å². The van der Waals surface area contributed by atoms with Crippen molar-refractivity contribution in [3.8, 4) is 0 Å². The SMILES string of the molecule is CC(O)C(CO)C(C)O.OCC(CO)(CO)CO. The van der Waals surface area contributed by atoms with Crippen LogP contribution in [0.5, 0.6) is 0 Å². The maximum Gasteiger partial charge on any atom is 0.0627 e. The zero-order valence-electron chi connectivity index (χ0n) is 10.9. The van der Waals surface area contributed by atoms with Gasteiger partial charge in [-0.15, -0.1) is 0 Å². The zero-order chi connectivity index (χ0) is 14.8. The molecular weight excluding hydrogens is 244 g/mol. The van der Waals surface area contributed by atoms with E-state index in [9.17, 15) is 0 Å². The van der Waals surface area contributed by atoms with Crippen LogP contribution in [0.1, 0.15) is 13.8 Å². The monoisotopic (exact) mass is 270 g/mol. The largest absolute Gasteiger partial charge is 0.396 e. The molecule has 0 aliphatic heterocycles. The van der Waals surface area contributed by atoms with Gasteiger partial charge in [-0.2, -0.15) is 0 Å². The standard InChI is InChI=1S/C6H14O3.C5H12O4/c1-4(8)6(3-7)5(2)9;6-1-5(2-7,3-8)4-9/h4-9H,3H2,1-2H3;6-9H,1-4H2. The molecule has 0 spiro atoms. The Morgan fingerprint density at radius 3 is 1.00 bits per heavy atom. The topological polar surface area (TPSA) is 142 Å². The Labute approximate surface area is 107 Å². The Morgan fingerprint density at radius 1 is 0.722 bits per heavy atom. The Bertz CT molecular complexity index is 155. The van der Waals surface area contributed by atoms with Gasteiger partial charge in [0.05, 0.1) is 50.7 Å². The summed E-state index contributed by atoms with van der Waals surface area (Å²) in [4.78, 5) is 0. The van der Waals surface area contributed by atoms with E-state index < -0.39 is 50.0 Å². The number of hydrogen-bond acceptors (Lipinski definition) is 7. The van der Waals surface area contributed by atoms with E-state index in [1.165, 1.54) is 0 Å². The molecule has 2 unspecified atom stereocenters. The molecule has 7 nitrogen and oxygen atoms in total. The van der Waals surface area contributed by atoms with Gasteiger partial charge in [0.25, 0.3) is 0 Å². The summed E-state index contributed by atoms with van der Waals surface area (Å²) >= 11 is 0. The second-order valence-electron chi connectivity index (χ2n) is 4.46. The van der Waals surface area contributed by atoms with Crippen LogP contribution in [0.25, 0.3) is 0 Å². The molecule has 0 rings (SSSR count). The van der Waals surface area contributed by atoms with Crippen LogP contribution in [0.15, 0.2) is 0 Å². The minimum atomic E-state index is -1.11. The summed E-state index contributed by atoms with van der Waals surface area (Å²) in [5, 5.41) is 60.3. The maximum absolute atomic E-state index is 8.86. The van der Waals surface area contributed by atoms with Crippen molar-refractivity contribution in [1.82, 2.24) is 0 Å². The fraction of sp³-hybridized carbons (Fsp3) is 1.00. The Kier molecular flexibility index (Phi) is 11.8. The van der Waals surface area contributed by atoms with Gasteiger partial charge in [0.15, 0.2) is 0 Å². The van der Waals surface area contributed by atoms with Crippen molar-refractivity contribution in [3.63, 3.8) is 0 Å². The lowest BCUT2D eigenvalue weighted by atomic mass is 9.93. The van der Waals surface area contributed by atoms with Gasteiger partial charge in [-0.1, -0.05) is 0 Å². The Hall–Kier alpha value is -0.280. The van der Waals surface area contributed by atoms with Crippen LogP contribution in [-0.4, -0.2) is 81.0 Å². The second kappa shape index (κ2) is 10.6. The van der Waals surface area contributed by atoms with Gasteiger partial charge in [-0.25, -0.2) is 0 Å². The third-order valence-corrected chi connectivity index (χ3v) is 2.79. The molecule has 112 valence electrons. The molecule has 0 fully saturated rings. The van der Waals surface area contributed by atoms with Crippen molar-refractivity contribution < 1.29 is 35.7 Å². The van der Waals surface area contributed by atoms with Crippen LogP contribution in [0, 0.1) is 11.3 Å². The molecule has 2 atom stereocenters. The van der Waals surface area contributed by atoms with Gasteiger partial charge < -0.3 is 35.7 Å². The normalized spacial score (nSPS) is 16.5. The predicted molar refractivity (Wildman–Crippen MR) is 64.7 cm³/mol. The van der Waals surface area contributed by atoms with E-state index in [-0.39, 0.29) is 6.61 Å². The van der Waals surface area contributed by atoms with Crippen LogP contribution in [0.2, 0.25) is 0 Å². The fourth-order valence-corrected chi connectivity index (χ4v) is 1.01. The number of rotatable bonds is 7. The first-order valence-electron chi connectivity index (χ1n) is 5.74. The molecule has 0 radical (unpaired) electrons. The molecule has 7 heteroatoms. The highest BCUT2D eigenvalue weighted by molar-refractivity contribution is 4.74. The predicted octanol–water partition coefficient (Wildman–Crippen LogP) is -2.70. The maximum atomic E-state index is 8.86. The van der Waals surface area contributed by atoms with Crippen molar-refractivity contribution in [2.45, 2.75) is 26.1 Å². The van der Waals surface area contributed by atoms with Crippen molar-refractivity contribution in [2.75, 3.05) is 33.0 Å². The van der Waals surface area contributed by atoms with Crippen molar-refractivity contribution in [3.05, 3.63) is 0 Å². The summed E-state index contributed by atoms with van der Waals surface area (Å²) in [5.74, 6) is -0.412. The minimum Gasteiger partial charge on any atom is -0.396 e. The third-order valence-electron chi connectivity index (χ3n) is 2.79. The highest BCUT2D eigenvalue weighted by Gasteiger charge is 2.26. The molecular formula is C11H26O7. The van der Waals surface area contributed by atoms with E-state index in [1.807, 2.05) is 0 Å². The molecule has 0 aromatic heterocycles. The van der Waals surface area contributed by atoms with E-state index in [0.717, 1.165) is 0 Å². The molecule has 7 N–H and O–H groups in total. The smallest absolute Gasteiger partial charge is 0.0627 e. The average molecular weight is 270 g/mol. The minimum absolute atomic E-state index is 0.171. The first kappa shape index (κ1) is 20.0. The summed E-state index contributed by atoms with van der Waals surface area (Å²) in [6, 6.07) is 0. The molecule has 0 saturated heterocycles. The van der Waals surface area contributed by atoms with Crippen molar-refractivity contribution in [1.29, 1.82) is 0 Å². The third kappa shape index (κ3) is 7.22. The lowest BCUT2D eigenvalue weighted by Gasteiger charge is -2.23. The molecule has 0 amide bonds. The average Bonchev–Trinajstić information content (AvgIpc) is 2.33. The lowest BCUT2D eigenvalue weighted by Crippen LogP contribution is -2.37. The van der Waals surface area contributed by atoms with E-state index in [0.29, 0.717) is 0 Å². The molecule has 18 heavy (non-hydrogen) atoms. The van der Waals surface area contributed by atoms with Crippen LogP contribution in [-0.2, 0) is 0 Å². The molecule has 0 aromatic carbocycles. The Balaban J connectivity index is 0. The van der Waals surface area contributed by atoms with Crippen molar-refractivity contribution in [2.24, 2.45) is 11.3 Å². The summed E-state index contributed by atoms with van der Waals surface area (Å²) in [7, 11) is 0. The molecule has 0 aliphatic rings. The van der Waals surface area contributed by atoms with Gasteiger partial charge in [0.2, 0.25) is 0 Å². The van der Waals surface area contributed by atoms with E-state index >= 15 is 0 Å². The number of aliphatic hydroxyl groups is 7. The molecule has 0 aromatic rings. The highest BCUT2D eigenvalue weighted by atomic mass is 16.3. The first-order valence-corrected chi connectivity index (χ1v) is 5.74. The summed E-state index contributed by atoms with van der Waals surface area (Å²) in [5.41, 5.74) is -1.11. The van der Waals surface area contributed by atoms with Crippen LogP contribution in [0.3, 0.4) is 0 Å². The van der Waals surface area contributed by atoms with Gasteiger partial charge >= 0.3 is 0 Å². The quantitative estimate of drug-likeness (QED) is 0.267. The fourth-order valence-electron chi connectivity index (χ4n) is 1.01. The van der Waals surface area contributed by atoms with Crippen LogP contribution >= 0.6 is 0 Å². The molecule has 0 aliphatic carbocycles. The molecule has 0 heterocycles. The van der Waals surface area contributed by atoms with Gasteiger partial charge in [-0.05, 0) is 13.8 Å². The second-order valence-corrected chi connectivity index (χ2v) is 4.46. The summed E-state index contributed by atoms with van der Waals surface area (Å²) in [6.07, 6.45) is -1.29. The first-order chi connectivity index (χ1) is 8.33. The molecule has 0 bridgehead atoms. The van der Waals surface area contributed by atoms with E-state index in [2.05, 4.69) is 0 Å². The van der Waals surface area contributed by atoms with E-state index in [1.54, 1.807) is 13.8 Å². The highest BCUT2D eigenvalue weighted by Crippen LogP contribution is 2.11. The Morgan fingerprint density at radius 2 is 1.00 bits per heavy atom. The van der Waals surface area contributed by atoms with Crippen LogP contribution in [0.4, 0.5) is 0 Å².